The lowest BCUT2D eigenvalue weighted by atomic mass is 9.80. The van der Waals surface area contributed by atoms with Crippen LogP contribution < -0.4 is 4.74 Å². The van der Waals surface area contributed by atoms with Gasteiger partial charge in [-0.2, -0.15) is 0 Å². The highest BCUT2D eigenvalue weighted by molar-refractivity contribution is 5.76. The van der Waals surface area contributed by atoms with Gasteiger partial charge < -0.3 is 14.4 Å². The Morgan fingerprint density at radius 3 is 2.26 bits per heavy atom. The number of halogens is 2. The number of ether oxygens (including phenoxy) is 2. The largest absolute Gasteiger partial charge is 0.497 e. The molecule has 0 amide bonds. The molecule has 0 radical (unpaired) electrons. The Bertz CT molecular complexity index is 1400. The number of hydrogen-bond donors (Lipinski definition) is 0. The second-order valence-electron chi connectivity index (χ2n) is 14.1. The molecule has 2 heterocycles. The summed E-state index contributed by atoms with van der Waals surface area (Å²) in [7, 11) is 1.65. The van der Waals surface area contributed by atoms with Crippen LogP contribution in [-0.2, 0) is 22.6 Å². The summed E-state index contributed by atoms with van der Waals surface area (Å²) in [5, 5.41) is 0. The van der Waals surface area contributed by atoms with Gasteiger partial charge in [-0.1, -0.05) is 68.1 Å². The average molecular weight is 645 g/mol. The maximum absolute atomic E-state index is 13.8. The first-order chi connectivity index (χ1) is 22.9. The van der Waals surface area contributed by atoms with Crippen molar-refractivity contribution in [3.05, 3.63) is 101 Å². The van der Waals surface area contributed by atoms with Gasteiger partial charge in [-0.05, 0) is 104 Å². The molecule has 3 fully saturated rings. The normalized spacial score (nSPS) is 21.8. The molecule has 7 heteroatoms. The van der Waals surface area contributed by atoms with Crippen molar-refractivity contribution >= 4 is 5.97 Å². The SMILES string of the molecule is COc1ccc(COC(=O)[C@@H](CC2CCC2)N2C[C@H](CN3CCC(CCCc4cc(F)cc(F)c4)CC3)[C@@H](c3ccccc3)C2)cc1. The Kier molecular flexibility index (Phi) is 11.6. The van der Waals surface area contributed by atoms with Crippen molar-refractivity contribution in [1.82, 2.24) is 9.80 Å². The van der Waals surface area contributed by atoms with E-state index in [-0.39, 0.29) is 18.6 Å². The molecule has 0 N–H and O–H groups in total. The van der Waals surface area contributed by atoms with Gasteiger partial charge in [-0.25, -0.2) is 8.78 Å². The van der Waals surface area contributed by atoms with E-state index in [4.69, 9.17) is 9.47 Å². The van der Waals surface area contributed by atoms with Gasteiger partial charge in [-0.15, -0.1) is 0 Å². The molecule has 1 aliphatic carbocycles. The second kappa shape index (κ2) is 16.2. The first-order valence-electron chi connectivity index (χ1n) is 17.7. The van der Waals surface area contributed by atoms with E-state index in [0.29, 0.717) is 23.7 Å². The van der Waals surface area contributed by atoms with Crippen LogP contribution in [0.4, 0.5) is 8.78 Å². The van der Waals surface area contributed by atoms with E-state index in [1.54, 1.807) is 7.11 Å². The number of nitrogens with zero attached hydrogens (tertiary/aromatic N) is 2. The van der Waals surface area contributed by atoms with Gasteiger partial charge in [0.05, 0.1) is 7.11 Å². The summed E-state index contributed by atoms with van der Waals surface area (Å²) in [5.41, 5.74) is 3.07. The summed E-state index contributed by atoms with van der Waals surface area (Å²) in [4.78, 5) is 18.8. The van der Waals surface area contributed by atoms with E-state index in [0.717, 1.165) is 94.2 Å². The predicted octanol–water partition coefficient (Wildman–Crippen LogP) is 8.03. The average Bonchev–Trinajstić information content (AvgIpc) is 3.47. The summed E-state index contributed by atoms with van der Waals surface area (Å²) in [6.45, 7) is 5.23. The second-order valence-corrected chi connectivity index (χ2v) is 14.1. The zero-order valence-corrected chi connectivity index (χ0v) is 27.8. The topological polar surface area (TPSA) is 42.0 Å². The fourth-order valence-electron chi connectivity index (χ4n) is 7.97. The minimum Gasteiger partial charge on any atom is -0.497 e. The lowest BCUT2D eigenvalue weighted by molar-refractivity contribution is -0.152. The first kappa shape index (κ1) is 33.6. The van der Waals surface area contributed by atoms with E-state index in [2.05, 4.69) is 40.1 Å². The zero-order chi connectivity index (χ0) is 32.6. The van der Waals surface area contributed by atoms with Crippen molar-refractivity contribution in [2.45, 2.75) is 76.4 Å². The van der Waals surface area contributed by atoms with Crippen molar-refractivity contribution in [1.29, 1.82) is 0 Å². The molecule has 0 spiro atoms. The summed E-state index contributed by atoms with van der Waals surface area (Å²) in [5.74, 6) is 1.78. The molecule has 47 heavy (non-hydrogen) atoms. The molecule has 2 saturated heterocycles. The first-order valence-corrected chi connectivity index (χ1v) is 17.7. The zero-order valence-electron chi connectivity index (χ0n) is 27.8. The number of methoxy groups -OCH3 is 1. The Hall–Kier alpha value is -3.29. The van der Waals surface area contributed by atoms with Crippen LogP contribution in [0.5, 0.6) is 5.75 Å². The molecule has 3 aromatic carbocycles. The van der Waals surface area contributed by atoms with Crippen LogP contribution in [0.15, 0.2) is 72.8 Å². The van der Waals surface area contributed by atoms with E-state index in [1.165, 1.54) is 37.0 Å². The van der Waals surface area contributed by atoms with Crippen LogP contribution in [0.2, 0.25) is 0 Å². The van der Waals surface area contributed by atoms with E-state index in [9.17, 15) is 13.6 Å². The quantitative estimate of drug-likeness (QED) is 0.166. The van der Waals surface area contributed by atoms with Crippen LogP contribution >= 0.6 is 0 Å². The molecule has 1 saturated carbocycles. The lowest BCUT2D eigenvalue weighted by Crippen LogP contribution is -2.44. The third-order valence-electron chi connectivity index (χ3n) is 10.9. The van der Waals surface area contributed by atoms with Gasteiger partial charge >= 0.3 is 5.97 Å². The minimum atomic E-state index is -0.493. The molecular formula is C40H50F2N2O3. The number of rotatable bonds is 14. The number of benzene rings is 3. The van der Waals surface area contributed by atoms with Crippen LogP contribution in [0.25, 0.3) is 0 Å². The van der Waals surface area contributed by atoms with Crippen molar-refractivity contribution in [2.75, 3.05) is 39.8 Å². The van der Waals surface area contributed by atoms with E-state index >= 15 is 0 Å². The molecule has 3 aromatic rings. The van der Waals surface area contributed by atoms with Gasteiger partial charge in [0.15, 0.2) is 0 Å². The highest BCUT2D eigenvalue weighted by Gasteiger charge is 2.42. The van der Waals surface area contributed by atoms with Gasteiger partial charge in [-0.3, -0.25) is 9.69 Å². The van der Waals surface area contributed by atoms with Gasteiger partial charge in [0.2, 0.25) is 0 Å². The maximum atomic E-state index is 13.8. The Morgan fingerprint density at radius 2 is 1.60 bits per heavy atom. The number of hydrogen-bond acceptors (Lipinski definition) is 5. The Morgan fingerprint density at radius 1 is 0.872 bits per heavy atom. The van der Waals surface area contributed by atoms with Crippen LogP contribution in [-0.4, -0.2) is 61.6 Å². The Labute approximate surface area is 279 Å². The number of piperidine rings is 1. The molecule has 0 bridgehead atoms. The number of esters is 1. The van der Waals surface area contributed by atoms with Gasteiger partial charge in [0, 0.05) is 31.6 Å². The fraction of sp³-hybridized carbons (Fsp3) is 0.525. The highest BCUT2D eigenvalue weighted by atomic mass is 19.1. The number of carbonyl (C=O) groups is 1. The molecule has 6 rings (SSSR count). The molecule has 252 valence electrons. The van der Waals surface area contributed by atoms with Crippen molar-refractivity contribution in [3.63, 3.8) is 0 Å². The lowest BCUT2D eigenvalue weighted by Gasteiger charge is -2.35. The smallest absolute Gasteiger partial charge is 0.323 e. The highest BCUT2D eigenvalue weighted by Crippen LogP contribution is 2.39. The molecule has 5 nitrogen and oxygen atoms in total. The number of carbonyl (C=O) groups excluding carboxylic acids is 1. The molecule has 0 unspecified atom stereocenters. The fourth-order valence-corrected chi connectivity index (χ4v) is 7.97. The van der Waals surface area contributed by atoms with E-state index in [1.807, 2.05) is 24.3 Å². The van der Waals surface area contributed by atoms with Crippen molar-refractivity contribution in [3.8, 4) is 5.75 Å². The maximum Gasteiger partial charge on any atom is 0.323 e. The summed E-state index contributed by atoms with van der Waals surface area (Å²) in [6, 6.07) is 22.2. The van der Waals surface area contributed by atoms with Crippen molar-refractivity contribution < 1.29 is 23.0 Å². The number of likely N-dealkylation sites (tertiary alicyclic amines) is 2. The Balaban J connectivity index is 1.06. The van der Waals surface area contributed by atoms with E-state index < -0.39 is 11.6 Å². The minimum absolute atomic E-state index is 0.0954. The van der Waals surface area contributed by atoms with Crippen molar-refractivity contribution in [2.24, 2.45) is 17.8 Å². The van der Waals surface area contributed by atoms with Crippen LogP contribution in [0.3, 0.4) is 0 Å². The van der Waals surface area contributed by atoms with Crippen LogP contribution in [0, 0.1) is 29.4 Å². The summed E-state index contributed by atoms with van der Waals surface area (Å²) >= 11 is 0. The van der Waals surface area contributed by atoms with Crippen LogP contribution in [0.1, 0.15) is 74.0 Å². The third-order valence-corrected chi connectivity index (χ3v) is 10.9. The monoisotopic (exact) mass is 644 g/mol. The summed E-state index contributed by atoms with van der Waals surface area (Å²) < 4.78 is 38.4. The standard InChI is InChI=1S/C40H50F2N2O3/c1-46-37-15-13-31(14-16-37)28-47-40(45)39(23-30-8-6-9-30)44-26-34(38(27-44)33-11-3-2-4-12-33)25-43-19-17-29(18-20-43)7-5-10-32-21-35(41)24-36(42)22-32/h2-4,11-16,21-22,24,29-30,34,38-39H,5-10,17-20,23,25-28H2,1H3/t34-,38+,39+/m0/s1. The molecule has 2 aliphatic heterocycles. The molecule has 3 aliphatic rings. The van der Waals surface area contributed by atoms with Gasteiger partial charge in [0.1, 0.15) is 30.0 Å². The summed E-state index contributed by atoms with van der Waals surface area (Å²) in [6.07, 6.45) is 9.63. The third kappa shape index (κ3) is 9.20. The predicted molar refractivity (Wildman–Crippen MR) is 181 cm³/mol. The molecule has 3 atom stereocenters. The molecule has 0 aromatic heterocycles. The van der Waals surface area contributed by atoms with Gasteiger partial charge in [0.25, 0.3) is 0 Å². The number of aryl methyl sites for hydroxylation is 1. The molecular weight excluding hydrogens is 594 g/mol.